The monoisotopic (exact) mass is 271 g/mol. The molecule has 0 aromatic rings. The van der Waals surface area contributed by atoms with E-state index in [0.29, 0.717) is 25.6 Å². The fourth-order valence-corrected chi connectivity index (χ4v) is 2.22. The van der Waals surface area contributed by atoms with Crippen molar-refractivity contribution in [2.75, 3.05) is 46.9 Å². The van der Waals surface area contributed by atoms with Crippen LogP contribution in [0, 0.1) is 11.8 Å². The molecular weight excluding hydrogens is 246 g/mol. The van der Waals surface area contributed by atoms with E-state index in [4.69, 9.17) is 4.74 Å². The molecule has 0 aromatic carbocycles. The molecule has 0 unspecified atom stereocenters. The van der Waals surface area contributed by atoms with Gasteiger partial charge in [-0.2, -0.15) is 0 Å². The predicted octanol–water partition coefficient (Wildman–Crippen LogP) is -0.547. The molecule has 1 aliphatic rings. The number of nitrogens with one attached hydrogen (secondary N) is 2. The first-order valence-electron chi connectivity index (χ1n) is 6.77. The molecule has 6 heteroatoms. The maximum Gasteiger partial charge on any atom is 0.239 e. The van der Waals surface area contributed by atoms with E-state index in [1.807, 2.05) is 0 Å². The first-order valence-corrected chi connectivity index (χ1v) is 6.77. The summed E-state index contributed by atoms with van der Waals surface area (Å²) in [6.45, 7) is 4.96. The van der Waals surface area contributed by atoms with Crippen molar-refractivity contribution in [3.05, 3.63) is 0 Å². The van der Waals surface area contributed by atoms with Crippen LogP contribution in [0.15, 0.2) is 0 Å². The molecule has 19 heavy (non-hydrogen) atoms. The van der Waals surface area contributed by atoms with Crippen molar-refractivity contribution in [2.45, 2.75) is 13.3 Å². The van der Waals surface area contributed by atoms with Gasteiger partial charge in [0.25, 0.3) is 0 Å². The fraction of sp³-hybridized carbons (Fsp3) is 0.846. The summed E-state index contributed by atoms with van der Waals surface area (Å²) in [4.78, 5) is 25.3. The molecule has 0 aromatic heterocycles. The summed E-state index contributed by atoms with van der Waals surface area (Å²) >= 11 is 0. The van der Waals surface area contributed by atoms with Crippen LogP contribution in [0.1, 0.15) is 13.3 Å². The van der Waals surface area contributed by atoms with Gasteiger partial charge in [0, 0.05) is 33.9 Å². The quantitative estimate of drug-likeness (QED) is 0.610. The van der Waals surface area contributed by atoms with E-state index in [2.05, 4.69) is 17.6 Å². The second-order valence-corrected chi connectivity index (χ2v) is 5.13. The second kappa shape index (κ2) is 8.12. The van der Waals surface area contributed by atoms with Crippen molar-refractivity contribution in [2.24, 2.45) is 11.8 Å². The van der Waals surface area contributed by atoms with Crippen LogP contribution in [0.25, 0.3) is 0 Å². The lowest BCUT2D eigenvalue weighted by Crippen LogP contribution is -2.42. The lowest BCUT2D eigenvalue weighted by molar-refractivity contribution is -0.138. The number of methoxy groups -OCH3 is 1. The van der Waals surface area contributed by atoms with Crippen molar-refractivity contribution >= 4 is 11.8 Å². The average molecular weight is 271 g/mol. The molecule has 0 radical (unpaired) electrons. The standard InChI is InChI=1S/C13H25N3O3/c1-10-7-14-8-11(10)13(18)16(2)9-12(17)15-5-4-6-19-3/h10-11,14H,4-9H2,1-3H3,(H,15,17)/t10-,11-/m1/s1. The van der Waals surface area contributed by atoms with E-state index in [0.717, 1.165) is 13.0 Å². The van der Waals surface area contributed by atoms with E-state index in [1.165, 1.54) is 4.90 Å². The van der Waals surface area contributed by atoms with Gasteiger partial charge >= 0.3 is 0 Å². The Morgan fingerprint density at radius 1 is 1.42 bits per heavy atom. The summed E-state index contributed by atoms with van der Waals surface area (Å²) in [5.41, 5.74) is 0. The van der Waals surface area contributed by atoms with Gasteiger partial charge < -0.3 is 20.3 Å². The molecule has 2 atom stereocenters. The highest BCUT2D eigenvalue weighted by Crippen LogP contribution is 2.17. The Morgan fingerprint density at radius 2 is 2.16 bits per heavy atom. The number of rotatable bonds is 7. The minimum absolute atomic E-state index is 0.00806. The zero-order chi connectivity index (χ0) is 14.3. The van der Waals surface area contributed by atoms with Gasteiger partial charge in [0.15, 0.2) is 0 Å². The minimum Gasteiger partial charge on any atom is -0.385 e. The molecule has 0 saturated carbocycles. The van der Waals surface area contributed by atoms with Gasteiger partial charge in [-0.3, -0.25) is 9.59 Å². The highest BCUT2D eigenvalue weighted by molar-refractivity contribution is 5.86. The van der Waals surface area contributed by atoms with Crippen molar-refractivity contribution in [1.82, 2.24) is 15.5 Å². The van der Waals surface area contributed by atoms with Crippen LogP contribution in [0.3, 0.4) is 0 Å². The van der Waals surface area contributed by atoms with Crippen molar-refractivity contribution in [3.63, 3.8) is 0 Å². The first-order chi connectivity index (χ1) is 9.06. The summed E-state index contributed by atoms with van der Waals surface area (Å²) in [7, 11) is 3.31. The molecule has 2 amide bonds. The Bertz CT molecular complexity index is 310. The average Bonchev–Trinajstić information content (AvgIpc) is 2.80. The molecule has 110 valence electrons. The number of ether oxygens (including phenoxy) is 1. The van der Waals surface area contributed by atoms with E-state index < -0.39 is 0 Å². The molecule has 1 rings (SSSR count). The Morgan fingerprint density at radius 3 is 2.74 bits per heavy atom. The zero-order valence-electron chi connectivity index (χ0n) is 12.1. The van der Waals surface area contributed by atoms with E-state index >= 15 is 0 Å². The van der Waals surface area contributed by atoms with Gasteiger partial charge in [-0.25, -0.2) is 0 Å². The van der Waals surface area contributed by atoms with Crippen LogP contribution >= 0.6 is 0 Å². The third-order valence-corrected chi connectivity index (χ3v) is 3.44. The van der Waals surface area contributed by atoms with E-state index in [-0.39, 0.29) is 24.3 Å². The number of hydrogen-bond acceptors (Lipinski definition) is 4. The summed E-state index contributed by atoms with van der Waals surface area (Å²) < 4.78 is 4.90. The van der Waals surface area contributed by atoms with Crippen LogP contribution in [0.2, 0.25) is 0 Å². The maximum atomic E-state index is 12.2. The molecule has 1 heterocycles. The molecule has 0 aliphatic carbocycles. The lowest BCUT2D eigenvalue weighted by Gasteiger charge is -2.22. The Kier molecular flexibility index (Phi) is 6.80. The van der Waals surface area contributed by atoms with Gasteiger partial charge in [-0.15, -0.1) is 0 Å². The summed E-state index contributed by atoms with van der Waals surface area (Å²) in [5, 5.41) is 5.97. The van der Waals surface area contributed by atoms with Crippen LogP contribution in [-0.4, -0.2) is 63.7 Å². The molecule has 1 saturated heterocycles. The van der Waals surface area contributed by atoms with E-state index in [1.54, 1.807) is 14.2 Å². The van der Waals surface area contributed by atoms with Crippen molar-refractivity contribution < 1.29 is 14.3 Å². The zero-order valence-corrected chi connectivity index (χ0v) is 12.1. The van der Waals surface area contributed by atoms with E-state index in [9.17, 15) is 9.59 Å². The van der Waals surface area contributed by atoms with Gasteiger partial charge in [0.1, 0.15) is 0 Å². The molecular formula is C13H25N3O3. The van der Waals surface area contributed by atoms with Gasteiger partial charge in [-0.1, -0.05) is 6.92 Å². The van der Waals surface area contributed by atoms with Crippen molar-refractivity contribution in [1.29, 1.82) is 0 Å². The third-order valence-electron chi connectivity index (χ3n) is 3.44. The van der Waals surface area contributed by atoms with Crippen molar-refractivity contribution in [3.8, 4) is 0 Å². The number of amides is 2. The van der Waals surface area contributed by atoms with Crippen LogP contribution < -0.4 is 10.6 Å². The van der Waals surface area contributed by atoms with Crippen LogP contribution in [-0.2, 0) is 14.3 Å². The maximum absolute atomic E-state index is 12.2. The first kappa shape index (κ1) is 15.9. The summed E-state index contributed by atoms with van der Waals surface area (Å²) in [6, 6.07) is 0. The molecule has 1 aliphatic heterocycles. The molecule has 6 nitrogen and oxygen atoms in total. The number of carbonyl (C=O) groups excluding carboxylic acids is 2. The smallest absolute Gasteiger partial charge is 0.239 e. The highest BCUT2D eigenvalue weighted by Gasteiger charge is 2.31. The summed E-state index contributed by atoms with van der Waals surface area (Å²) in [5.74, 6) is 0.251. The Hall–Kier alpha value is -1.14. The van der Waals surface area contributed by atoms with Crippen LogP contribution in [0.4, 0.5) is 0 Å². The number of hydrogen-bond donors (Lipinski definition) is 2. The number of nitrogens with zero attached hydrogens (tertiary/aromatic N) is 1. The predicted molar refractivity (Wildman–Crippen MR) is 72.7 cm³/mol. The Balaban J connectivity index is 2.27. The molecule has 1 fully saturated rings. The SMILES string of the molecule is COCCCNC(=O)CN(C)C(=O)[C@@H]1CNC[C@H]1C. The molecule has 0 bridgehead atoms. The van der Waals surface area contributed by atoms with Gasteiger partial charge in [0.05, 0.1) is 12.5 Å². The lowest BCUT2D eigenvalue weighted by atomic mass is 9.97. The third kappa shape index (κ3) is 5.16. The second-order valence-electron chi connectivity index (χ2n) is 5.13. The fourth-order valence-electron chi connectivity index (χ4n) is 2.22. The number of carbonyl (C=O) groups is 2. The minimum atomic E-state index is -0.120. The topological polar surface area (TPSA) is 70.7 Å². The molecule has 0 spiro atoms. The number of likely N-dealkylation sites (N-methyl/N-ethyl adjacent to an activating group) is 1. The normalized spacial score (nSPS) is 22.3. The highest BCUT2D eigenvalue weighted by atomic mass is 16.5. The van der Waals surface area contributed by atoms with Crippen LogP contribution in [0.5, 0.6) is 0 Å². The van der Waals surface area contributed by atoms with Gasteiger partial charge in [0.2, 0.25) is 11.8 Å². The largest absolute Gasteiger partial charge is 0.385 e. The van der Waals surface area contributed by atoms with Gasteiger partial charge in [-0.05, 0) is 18.9 Å². The summed E-state index contributed by atoms with van der Waals surface area (Å²) in [6.07, 6.45) is 0.781. The molecule has 2 N–H and O–H groups in total. The Labute approximate surface area is 114 Å².